The third-order valence-corrected chi connectivity index (χ3v) is 3.78. The summed E-state index contributed by atoms with van der Waals surface area (Å²) in [7, 11) is 0. The average Bonchev–Trinajstić information content (AvgIpc) is 2.51. The number of carbonyl (C=O) groups excluding carboxylic acids is 2. The summed E-state index contributed by atoms with van der Waals surface area (Å²) in [5.74, 6) is -0.627. The van der Waals surface area contributed by atoms with Gasteiger partial charge in [-0.1, -0.05) is 48.0 Å². The molecule has 0 fully saturated rings. The van der Waals surface area contributed by atoms with Gasteiger partial charge in [-0.05, 0) is 36.6 Å². The van der Waals surface area contributed by atoms with Crippen molar-refractivity contribution in [3.63, 3.8) is 0 Å². The maximum Gasteiger partial charge on any atom is 0.233 e. The third kappa shape index (κ3) is 5.42. The van der Waals surface area contributed by atoms with Crippen LogP contribution < -0.4 is 10.6 Å². The highest BCUT2D eigenvalue weighted by Gasteiger charge is 2.10. The van der Waals surface area contributed by atoms with E-state index in [0.717, 1.165) is 16.8 Å². The number of benzene rings is 2. The van der Waals surface area contributed by atoms with Crippen molar-refractivity contribution in [2.45, 2.75) is 19.8 Å². The largest absolute Gasteiger partial charge is 0.355 e. The number of hydrogen-bond donors (Lipinski definition) is 2. The molecule has 0 atom stereocenters. The molecule has 120 valence electrons. The van der Waals surface area contributed by atoms with E-state index >= 15 is 0 Å². The topological polar surface area (TPSA) is 58.2 Å². The van der Waals surface area contributed by atoms with E-state index in [2.05, 4.69) is 10.6 Å². The molecule has 2 aromatic carbocycles. The van der Waals surface area contributed by atoms with Gasteiger partial charge in [0.2, 0.25) is 11.8 Å². The third-order valence-electron chi connectivity index (χ3n) is 3.41. The van der Waals surface area contributed by atoms with Gasteiger partial charge in [0, 0.05) is 17.3 Å². The summed E-state index contributed by atoms with van der Waals surface area (Å²) in [6, 6.07) is 14.9. The first kappa shape index (κ1) is 17.0. The molecule has 4 nitrogen and oxygen atoms in total. The molecule has 2 amide bonds. The summed E-state index contributed by atoms with van der Waals surface area (Å²) in [4.78, 5) is 23.7. The molecule has 2 rings (SSSR count). The van der Waals surface area contributed by atoms with Gasteiger partial charge in [0.05, 0.1) is 0 Å². The van der Waals surface area contributed by atoms with Crippen LogP contribution in [0.25, 0.3) is 0 Å². The smallest absolute Gasteiger partial charge is 0.233 e. The van der Waals surface area contributed by atoms with E-state index in [4.69, 9.17) is 11.6 Å². The van der Waals surface area contributed by atoms with Crippen LogP contribution in [0.15, 0.2) is 48.5 Å². The van der Waals surface area contributed by atoms with E-state index in [1.165, 1.54) is 0 Å². The molecule has 0 saturated heterocycles. The minimum Gasteiger partial charge on any atom is -0.355 e. The predicted octanol–water partition coefficient (Wildman–Crippen LogP) is 3.34. The van der Waals surface area contributed by atoms with E-state index in [9.17, 15) is 9.59 Å². The van der Waals surface area contributed by atoms with E-state index in [1.807, 2.05) is 55.5 Å². The van der Waals surface area contributed by atoms with Gasteiger partial charge in [-0.15, -0.1) is 0 Å². The van der Waals surface area contributed by atoms with Crippen LogP contribution in [0.5, 0.6) is 0 Å². The molecule has 0 unspecified atom stereocenters. The molecule has 0 spiro atoms. The second kappa shape index (κ2) is 8.34. The van der Waals surface area contributed by atoms with E-state index in [1.54, 1.807) is 0 Å². The van der Waals surface area contributed by atoms with Crippen molar-refractivity contribution < 1.29 is 9.59 Å². The first-order valence-corrected chi connectivity index (χ1v) is 7.79. The van der Waals surface area contributed by atoms with Gasteiger partial charge in [0.1, 0.15) is 6.42 Å². The van der Waals surface area contributed by atoms with Crippen LogP contribution in [-0.2, 0) is 16.0 Å². The Morgan fingerprint density at radius 3 is 2.43 bits per heavy atom. The van der Waals surface area contributed by atoms with Gasteiger partial charge in [-0.25, -0.2) is 0 Å². The summed E-state index contributed by atoms with van der Waals surface area (Å²) in [5.41, 5.74) is 2.65. The van der Waals surface area contributed by atoms with Gasteiger partial charge in [0.15, 0.2) is 0 Å². The minimum atomic E-state index is -0.324. The minimum absolute atomic E-state index is 0.198. The highest BCUT2D eigenvalue weighted by Crippen LogP contribution is 2.15. The van der Waals surface area contributed by atoms with E-state index in [-0.39, 0.29) is 18.2 Å². The summed E-state index contributed by atoms with van der Waals surface area (Å²) >= 11 is 6.05. The van der Waals surface area contributed by atoms with E-state index < -0.39 is 0 Å². The summed E-state index contributed by atoms with van der Waals surface area (Å²) in [5, 5.41) is 6.15. The number of hydrogen-bond acceptors (Lipinski definition) is 2. The number of anilines is 1. The first-order chi connectivity index (χ1) is 11.1. The van der Waals surface area contributed by atoms with Crippen LogP contribution >= 0.6 is 11.6 Å². The summed E-state index contributed by atoms with van der Waals surface area (Å²) < 4.78 is 0. The molecule has 0 aliphatic rings. The Hall–Kier alpha value is -2.33. The lowest BCUT2D eigenvalue weighted by molar-refractivity contribution is -0.126. The Bertz CT molecular complexity index is 701. The second-order valence-corrected chi connectivity index (χ2v) is 5.64. The fourth-order valence-corrected chi connectivity index (χ4v) is 2.38. The average molecular weight is 331 g/mol. The molecule has 0 bridgehead atoms. The number of rotatable bonds is 6. The Morgan fingerprint density at radius 1 is 1.00 bits per heavy atom. The molecule has 2 aromatic rings. The van der Waals surface area contributed by atoms with Crippen molar-refractivity contribution in [1.82, 2.24) is 5.32 Å². The predicted molar refractivity (Wildman–Crippen MR) is 92.6 cm³/mol. The number of para-hydroxylation sites is 1. The van der Waals surface area contributed by atoms with Gasteiger partial charge < -0.3 is 10.6 Å². The van der Waals surface area contributed by atoms with Gasteiger partial charge in [-0.2, -0.15) is 0 Å². The molecule has 0 saturated carbocycles. The van der Waals surface area contributed by atoms with Crippen molar-refractivity contribution in [2.75, 3.05) is 11.9 Å². The Balaban J connectivity index is 1.75. The summed E-state index contributed by atoms with van der Waals surface area (Å²) in [6.07, 6.45) is 0.432. The summed E-state index contributed by atoms with van der Waals surface area (Å²) in [6.45, 7) is 2.35. The van der Waals surface area contributed by atoms with Crippen molar-refractivity contribution in [1.29, 1.82) is 0 Å². The zero-order chi connectivity index (χ0) is 16.7. The number of halogens is 1. The molecule has 0 aromatic heterocycles. The highest BCUT2D eigenvalue weighted by atomic mass is 35.5. The molecule has 0 heterocycles. The van der Waals surface area contributed by atoms with Crippen molar-refractivity contribution >= 4 is 29.1 Å². The quantitative estimate of drug-likeness (QED) is 0.798. The van der Waals surface area contributed by atoms with Crippen LogP contribution in [-0.4, -0.2) is 18.4 Å². The Labute approximate surface area is 140 Å². The lowest BCUT2D eigenvalue weighted by Gasteiger charge is -2.09. The number of carbonyl (C=O) groups is 2. The monoisotopic (exact) mass is 330 g/mol. The maximum absolute atomic E-state index is 11.9. The molecule has 5 heteroatoms. The fourth-order valence-electron chi connectivity index (χ4n) is 2.15. The first-order valence-electron chi connectivity index (χ1n) is 7.42. The van der Waals surface area contributed by atoms with Crippen molar-refractivity contribution in [3.8, 4) is 0 Å². The molecule has 0 radical (unpaired) electrons. The lowest BCUT2D eigenvalue weighted by Crippen LogP contribution is -2.29. The van der Waals surface area contributed by atoms with Crippen molar-refractivity contribution in [3.05, 3.63) is 64.7 Å². The lowest BCUT2D eigenvalue weighted by atomic mass is 10.1. The fraction of sp³-hybridized carbons (Fsp3) is 0.222. The molecule has 0 aliphatic heterocycles. The van der Waals surface area contributed by atoms with Crippen LogP contribution in [0.1, 0.15) is 17.5 Å². The zero-order valence-corrected chi connectivity index (χ0v) is 13.7. The van der Waals surface area contributed by atoms with Crippen molar-refractivity contribution in [2.24, 2.45) is 0 Å². The zero-order valence-electron chi connectivity index (χ0n) is 12.9. The Kier molecular flexibility index (Phi) is 6.18. The van der Waals surface area contributed by atoms with Crippen LogP contribution in [0.2, 0.25) is 5.02 Å². The SMILES string of the molecule is Cc1ccccc1NC(=O)CC(=O)NCCc1ccccc1Cl. The van der Waals surface area contributed by atoms with Gasteiger partial charge >= 0.3 is 0 Å². The molecule has 2 N–H and O–H groups in total. The molecule has 0 aliphatic carbocycles. The Morgan fingerprint density at radius 2 is 1.70 bits per heavy atom. The standard InChI is InChI=1S/C18H19ClN2O2/c1-13-6-2-5-9-16(13)21-18(23)12-17(22)20-11-10-14-7-3-4-8-15(14)19/h2-9H,10-12H2,1H3,(H,20,22)(H,21,23). The van der Waals surface area contributed by atoms with Crippen LogP contribution in [0, 0.1) is 6.92 Å². The van der Waals surface area contributed by atoms with Crippen LogP contribution in [0.3, 0.4) is 0 Å². The number of nitrogens with one attached hydrogen (secondary N) is 2. The number of aryl methyl sites for hydroxylation is 1. The second-order valence-electron chi connectivity index (χ2n) is 5.23. The highest BCUT2D eigenvalue weighted by molar-refractivity contribution is 6.31. The van der Waals surface area contributed by atoms with Gasteiger partial charge in [-0.3, -0.25) is 9.59 Å². The molecule has 23 heavy (non-hydrogen) atoms. The number of amides is 2. The maximum atomic E-state index is 11.9. The van der Waals surface area contributed by atoms with Gasteiger partial charge in [0.25, 0.3) is 0 Å². The van der Waals surface area contributed by atoms with Crippen LogP contribution in [0.4, 0.5) is 5.69 Å². The molecular formula is C18H19ClN2O2. The van der Waals surface area contributed by atoms with E-state index in [0.29, 0.717) is 18.0 Å². The normalized spacial score (nSPS) is 10.2. The molecular weight excluding hydrogens is 312 g/mol.